The van der Waals surface area contributed by atoms with Gasteiger partial charge in [0, 0.05) is 38.3 Å². The first-order valence-corrected chi connectivity index (χ1v) is 8.84. The van der Waals surface area contributed by atoms with Gasteiger partial charge < -0.3 is 19.3 Å². The van der Waals surface area contributed by atoms with E-state index in [0.29, 0.717) is 17.8 Å². The molecule has 0 aliphatic carbocycles. The fraction of sp³-hybridized carbons (Fsp3) is 0.667. The molecule has 6 nitrogen and oxygen atoms in total. The monoisotopic (exact) mass is 334 g/mol. The van der Waals surface area contributed by atoms with Gasteiger partial charge in [0.1, 0.15) is 0 Å². The minimum atomic E-state index is 0.240. The van der Waals surface area contributed by atoms with Gasteiger partial charge in [-0.05, 0) is 43.5 Å². The van der Waals surface area contributed by atoms with Gasteiger partial charge in [-0.1, -0.05) is 0 Å². The van der Waals surface area contributed by atoms with Crippen molar-refractivity contribution in [3.8, 4) is 17.2 Å². The third kappa shape index (κ3) is 2.94. The van der Waals surface area contributed by atoms with Crippen molar-refractivity contribution in [1.82, 2.24) is 9.80 Å². The van der Waals surface area contributed by atoms with Crippen molar-refractivity contribution in [2.45, 2.75) is 37.9 Å². The Kier molecular flexibility index (Phi) is 4.52. The SMILES string of the molecule is COc1cc(CN2C[C@@H]3CCCN3C[C@@H]2CCO)cc2c1OCO2. The van der Waals surface area contributed by atoms with Gasteiger partial charge in [-0.25, -0.2) is 0 Å². The van der Waals surface area contributed by atoms with E-state index >= 15 is 0 Å². The molecule has 0 amide bonds. The van der Waals surface area contributed by atoms with E-state index in [9.17, 15) is 5.11 Å². The molecule has 1 aromatic rings. The van der Waals surface area contributed by atoms with Crippen molar-refractivity contribution in [3.63, 3.8) is 0 Å². The number of aliphatic hydroxyl groups is 1. The highest BCUT2D eigenvalue weighted by atomic mass is 16.7. The summed E-state index contributed by atoms with van der Waals surface area (Å²) in [6.45, 7) is 4.68. The highest BCUT2D eigenvalue weighted by Crippen LogP contribution is 2.42. The Bertz CT molecular complexity index is 595. The van der Waals surface area contributed by atoms with E-state index in [2.05, 4.69) is 15.9 Å². The highest BCUT2D eigenvalue weighted by Gasteiger charge is 2.36. The van der Waals surface area contributed by atoms with Crippen LogP contribution in [-0.2, 0) is 6.54 Å². The number of methoxy groups -OCH3 is 1. The minimum absolute atomic E-state index is 0.240. The first-order chi connectivity index (χ1) is 11.8. The van der Waals surface area contributed by atoms with Crippen molar-refractivity contribution in [2.24, 2.45) is 0 Å². The zero-order chi connectivity index (χ0) is 16.5. The number of fused-ring (bicyclic) bond motifs is 2. The Morgan fingerprint density at radius 3 is 3.04 bits per heavy atom. The number of hydrogen-bond acceptors (Lipinski definition) is 6. The number of rotatable bonds is 5. The predicted octanol–water partition coefficient (Wildman–Crippen LogP) is 1.45. The van der Waals surface area contributed by atoms with E-state index in [4.69, 9.17) is 14.2 Å². The fourth-order valence-corrected chi connectivity index (χ4v) is 4.27. The van der Waals surface area contributed by atoms with Crippen LogP contribution in [0.1, 0.15) is 24.8 Å². The summed E-state index contributed by atoms with van der Waals surface area (Å²) in [5.41, 5.74) is 1.17. The molecule has 0 radical (unpaired) electrons. The molecule has 1 aromatic carbocycles. The molecule has 1 N–H and O–H groups in total. The van der Waals surface area contributed by atoms with Crippen LogP contribution in [0, 0.1) is 0 Å². The molecule has 0 saturated carbocycles. The van der Waals surface area contributed by atoms with Crippen LogP contribution >= 0.6 is 0 Å². The maximum Gasteiger partial charge on any atom is 0.231 e. The summed E-state index contributed by atoms with van der Waals surface area (Å²) >= 11 is 0. The molecule has 4 rings (SSSR count). The molecule has 2 fully saturated rings. The number of piperazine rings is 1. The van der Waals surface area contributed by atoms with Gasteiger partial charge in [0.25, 0.3) is 0 Å². The lowest BCUT2D eigenvalue weighted by Gasteiger charge is -2.43. The Balaban J connectivity index is 1.54. The molecule has 3 heterocycles. The predicted molar refractivity (Wildman–Crippen MR) is 89.6 cm³/mol. The second-order valence-electron chi connectivity index (χ2n) is 6.92. The van der Waals surface area contributed by atoms with Gasteiger partial charge in [0.2, 0.25) is 12.5 Å². The van der Waals surface area contributed by atoms with E-state index < -0.39 is 0 Å². The third-order valence-corrected chi connectivity index (χ3v) is 5.47. The fourth-order valence-electron chi connectivity index (χ4n) is 4.27. The summed E-state index contributed by atoms with van der Waals surface area (Å²) in [5.74, 6) is 2.20. The van der Waals surface area contributed by atoms with Crippen LogP contribution in [0.3, 0.4) is 0 Å². The second-order valence-corrected chi connectivity index (χ2v) is 6.92. The van der Waals surface area contributed by atoms with Crippen molar-refractivity contribution < 1.29 is 19.3 Å². The molecule has 24 heavy (non-hydrogen) atoms. The van der Waals surface area contributed by atoms with Crippen LogP contribution in [0.5, 0.6) is 17.2 Å². The van der Waals surface area contributed by atoms with Crippen molar-refractivity contribution in [3.05, 3.63) is 17.7 Å². The molecule has 3 aliphatic heterocycles. The topological polar surface area (TPSA) is 54.4 Å². The zero-order valence-electron chi connectivity index (χ0n) is 14.2. The number of hydrogen-bond donors (Lipinski definition) is 1. The number of aliphatic hydroxyl groups excluding tert-OH is 1. The molecule has 0 unspecified atom stereocenters. The van der Waals surface area contributed by atoms with E-state index in [1.54, 1.807) is 7.11 Å². The lowest BCUT2D eigenvalue weighted by atomic mass is 10.0. The van der Waals surface area contributed by atoms with Gasteiger partial charge in [0.15, 0.2) is 11.5 Å². The van der Waals surface area contributed by atoms with Crippen LogP contribution < -0.4 is 14.2 Å². The zero-order valence-corrected chi connectivity index (χ0v) is 14.2. The average Bonchev–Trinajstić information content (AvgIpc) is 3.23. The highest BCUT2D eigenvalue weighted by molar-refractivity contribution is 5.55. The van der Waals surface area contributed by atoms with Crippen LogP contribution in [0.4, 0.5) is 0 Å². The average molecular weight is 334 g/mol. The summed E-state index contributed by atoms with van der Waals surface area (Å²) in [7, 11) is 1.66. The first-order valence-electron chi connectivity index (χ1n) is 8.84. The van der Waals surface area contributed by atoms with Crippen LogP contribution in [0.25, 0.3) is 0 Å². The van der Waals surface area contributed by atoms with Crippen LogP contribution in [0.15, 0.2) is 12.1 Å². The first kappa shape index (κ1) is 16.0. The Labute approximate surface area is 142 Å². The lowest BCUT2D eigenvalue weighted by Crippen LogP contribution is -2.55. The number of ether oxygens (including phenoxy) is 3. The maximum atomic E-state index is 9.45. The summed E-state index contributed by atoms with van der Waals surface area (Å²) in [6, 6.07) is 5.17. The third-order valence-electron chi connectivity index (χ3n) is 5.47. The molecule has 2 atom stereocenters. The van der Waals surface area contributed by atoms with E-state index in [0.717, 1.165) is 37.6 Å². The van der Waals surface area contributed by atoms with Crippen molar-refractivity contribution in [1.29, 1.82) is 0 Å². The van der Waals surface area contributed by atoms with Gasteiger partial charge in [-0.3, -0.25) is 9.80 Å². The van der Waals surface area contributed by atoms with Crippen LogP contribution in [-0.4, -0.2) is 67.1 Å². The summed E-state index contributed by atoms with van der Waals surface area (Å²) in [5, 5.41) is 9.45. The Morgan fingerprint density at radius 2 is 2.21 bits per heavy atom. The molecule has 6 heteroatoms. The van der Waals surface area contributed by atoms with Gasteiger partial charge in [0.05, 0.1) is 7.11 Å². The molecule has 0 bridgehead atoms. The van der Waals surface area contributed by atoms with Crippen molar-refractivity contribution >= 4 is 0 Å². The normalized spacial score (nSPS) is 26.6. The quantitative estimate of drug-likeness (QED) is 0.880. The molecular formula is C18H26N2O4. The van der Waals surface area contributed by atoms with Gasteiger partial charge in [-0.2, -0.15) is 0 Å². The molecular weight excluding hydrogens is 308 g/mol. The minimum Gasteiger partial charge on any atom is -0.493 e. The lowest BCUT2D eigenvalue weighted by molar-refractivity contribution is 0.0333. The summed E-state index contributed by atoms with van der Waals surface area (Å²) < 4.78 is 16.5. The van der Waals surface area contributed by atoms with E-state index in [-0.39, 0.29) is 13.4 Å². The summed E-state index contributed by atoms with van der Waals surface area (Å²) in [6.07, 6.45) is 3.40. The molecule has 2 saturated heterocycles. The van der Waals surface area contributed by atoms with E-state index in [1.807, 2.05) is 6.07 Å². The standard InChI is InChI=1S/C18H26N2O4/c1-22-16-7-13(8-17-18(16)24-12-23-17)9-20-11-14-3-2-5-19(14)10-15(20)4-6-21/h7-8,14-15,21H,2-6,9-12H2,1H3/t14-,15-/m0/s1. The molecule has 0 aromatic heterocycles. The molecule has 0 spiro atoms. The smallest absolute Gasteiger partial charge is 0.231 e. The second kappa shape index (κ2) is 6.78. The number of nitrogens with zero attached hydrogens (tertiary/aromatic N) is 2. The molecule has 3 aliphatic rings. The Morgan fingerprint density at radius 1 is 1.29 bits per heavy atom. The number of benzene rings is 1. The van der Waals surface area contributed by atoms with Gasteiger partial charge in [-0.15, -0.1) is 0 Å². The summed E-state index contributed by atoms with van der Waals surface area (Å²) in [4.78, 5) is 5.11. The van der Waals surface area contributed by atoms with Crippen molar-refractivity contribution in [2.75, 3.05) is 40.1 Å². The largest absolute Gasteiger partial charge is 0.493 e. The van der Waals surface area contributed by atoms with Crippen LogP contribution in [0.2, 0.25) is 0 Å². The maximum absolute atomic E-state index is 9.45. The Hall–Kier alpha value is -1.50. The van der Waals surface area contributed by atoms with E-state index in [1.165, 1.54) is 24.9 Å². The molecule has 132 valence electrons. The van der Waals surface area contributed by atoms with Gasteiger partial charge >= 0.3 is 0 Å².